The molecule has 4 rings (SSSR count). The highest BCUT2D eigenvalue weighted by Crippen LogP contribution is 2.43. The Morgan fingerprint density at radius 3 is 0.797 bits per heavy atom. The van der Waals surface area contributed by atoms with Crippen molar-refractivity contribution in [2.24, 2.45) is 0 Å². The highest BCUT2D eigenvalue weighted by atomic mass is 16.6. The first-order valence-corrected chi connectivity index (χ1v) is 26.3. The van der Waals surface area contributed by atoms with Crippen LogP contribution in [0.3, 0.4) is 0 Å². The Kier molecular flexibility index (Phi) is 21.2. The fraction of sp³-hybridized carbons (Fsp3) is 0.548. The van der Waals surface area contributed by atoms with E-state index >= 15 is 0 Å². The highest BCUT2D eigenvalue weighted by Gasteiger charge is 2.29. The zero-order chi connectivity index (χ0) is 55.3. The fourth-order valence-electron chi connectivity index (χ4n) is 8.61. The second-order valence-corrected chi connectivity index (χ2v) is 22.9. The highest BCUT2D eigenvalue weighted by molar-refractivity contribution is 5.73. The van der Waals surface area contributed by atoms with E-state index in [4.69, 9.17) is 37.9 Å². The average molecular weight is 1020 g/mol. The summed E-state index contributed by atoms with van der Waals surface area (Å²) in [6.45, 7) is 36.5. The molecule has 74 heavy (non-hydrogen) atoms. The maximum atomic E-state index is 13.2. The molecule has 0 fully saturated rings. The Morgan fingerprint density at radius 1 is 0.338 bits per heavy atom. The van der Waals surface area contributed by atoms with E-state index in [1.165, 1.54) is 0 Å². The summed E-state index contributed by atoms with van der Waals surface area (Å²) >= 11 is 0. The van der Waals surface area contributed by atoms with Gasteiger partial charge in [0.05, 0.1) is 26.4 Å². The molecule has 0 aliphatic heterocycles. The smallest absolute Gasteiger partial charge is 0.344 e. The molecule has 0 aromatic heterocycles. The Balaban J connectivity index is 2.14. The molecule has 12 nitrogen and oxygen atoms in total. The lowest BCUT2D eigenvalue weighted by Gasteiger charge is -2.28. The lowest BCUT2D eigenvalue weighted by Crippen LogP contribution is -2.20. The number of benzene rings is 4. The summed E-state index contributed by atoms with van der Waals surface area (Å²) in [4.78, 5) is 52.0. The second-order valence-electron chi connectivity index (χ2n) is 22.9. The Bertz CT molecular complexity index is 2590. The van der Waals surface area contributed by atoms with Gasteiger partial charge >= 0.3 is 23.9 Å². The topological polar surface area (TPSA) is 142 Å². The fourth-order valence-corrected chi connectivity index (χ4v) is 8.61. The van der Waals surface area contributed by atoms with Crippen LogP contribution in [0.1, 0.15) is 184 Å². The van der Waals surface area contributed by atoms with Crippen molar-refractivity contribution in [1.82, 2.24) is 0 Å². The molecule has 4 aromatic carbocycles. The largest absolute Gasteiger partial charge is 0.481 e. The summed E-state index contributed by atoms with van der Waals surface area (Å²) in [5.41, 5.74) is 9.67. The van der Waals surface area contributed by atoms with Crippen molar-refractivity contribution in [3.63, 3.8) is 0 Å². The molecule has 12 heteroatoms. The predicted octanol–water partition coefficient (Wildman–Crippen LogP) is 12.3. The number of rotatable bonds is 23. The van der Waals surface area contributed by atoms with Gasteiger partial charge in [0.2, 0.25) is 0 Å². The number of carbonyl (C=O) groups excluding carboxylic acids is 4. The monoisotopic (exact) mass is 1020 g/mol. The van der Waals surface area contributed by atoms with Crippen LogP contribution in [-0.2, 0) is 85.5 Å². The van der Waals surface area contributed by atoms with Gasteiger partial charge in [-0.05, 0) is 129 Å². The number of ether oxygens (including phenoxy) is 8. The van der Waals surface area contributed by atoms with E-state index in [-0.39, 0.29) is 80.9 Å². The molecular weight excluding hydrogens is 937 g/mol. The maximum absolute atomic E-state index is 13.2. The molecule has 0 atom stereocenters. The van der Waals surface area contributed by atoms with Crippen LogP contribution < -0.4 is 18.9 Å². The molecule has 0 amide bonds. The third-order valence-electron chi connectivity index (χ3n) is 12.6. The van der Waals surface area contributed by atoms with Gasteiger partial charge in [0.15, 0.2) is 26.4 Å². The average Bonchev–Trinajstić information content (AvgIpc) is 3.28. The summed E-state index contributed by atoms with van der Waals surface area (Å²) in [7, 11) is 0. The van der Waals surface area contributed by atoms with Crippen molar-refractivity contribution in [2.75, 3.05) is 52.9 Å². The molecule has 4 aromatic rings. The molecule has 0 saturated heterocycles. The van der Waals surface area contributed by atoms with Crippen LogP contribution in [-0.4, -0.2) is 76.7 Å². The number of aryl methyl sites for hydroxylation is 2. The first-order chi connectivity index (χ1) is 34.5. The first kappa shape index (κ1) is 60.5. The van der Waals surface area contributed by atoms with Crippen LogP contribution in [0.4, 0.5) is 0 Å². The zero-order valence-corrected chi connectivity index (χ0v) is 48.0. The number of hydrogen-bond donors (Lipinski definition) is 0. The summed E-state index contributed by atoms with van der Waals surface area (Å²) in [5, 5.41) is 0. The molecule has 0 aliphatic carbocycles. The van der Waals surface area contributed by atoms with Gasteiger partial charge in [0, 0.05) is 19.3 Å². The minimum Gasteiger partial charge on any atom is -0.481 e. The van der Waals surface area contributed by atoms with Crippen molar-refractivity contribution in [2.45, 2.75) is 172 Å². The van der Waals surface area contributed by atoms with E-state index in [1.54, 1.807) is 27.7 Å². The maximum Gasteiger partial charge on any atom is 0.344 e. The zero-order valence-electron chi connectivity index (χ0n) is 48.0. The summed E-state index contributed by atoms with van der Waals surface area (Å²) in [5.74, 6) is 0.161. The van der Waals surface area contributed by atoms with Crippen molar-refractivity contribution in [1.29, 1.82) is 0 Å². The molecular formula is C62H86O12. The third-order valence-corrected chi connectivity index (χ3v) is 12.6. The van der Waals surface area contributed by atoms with Crippen LogP contribution in [0.25, 0.3) is 0 Å². The summed E-state index contributed by atoms with van der Waals surface area (Å²) in [6.07, 6.45) is 1.54. The molecule has 0 N–H and O–H groups in total. The van der Waals surface area contributed by atoms with Gasteiger partial charge in [0.1, 0.15) is 23.0 Å². The van der Waals surface area contributed by atoms with Gasteiger partial charge in [-0.3, -0.25) is 0 Å². The minimum atomic E-state index is -0.520. The van der Waals surface area contributed by atoms with Crippen molar-refractivity contribution < 1.29 is 57.1 Å². The van der Waals surface area contributed by atoms with Crippen LogP contribution in [0.2, 0.25) is 0 Å². The number of carbonyl (C=O) groups is 4. The molecule has 0 heterocycles. The Morgan fingerprint density at radius 2 is 0.554 bits per heavy atom. The molecule has 0 saturated carbocycles. The standard InChI is InChI=1S/C62H86O12/c1-19-40-28-48(60(10,11)12)30-42(56(40)72-36-52(64)68-21-3)26-44-32-50(62(16,17)18)34-46(58(44)74-38-54(66)70-23-5)27-45-33-49(61(13,14)15)31-43(57(45)73-37-53(65)69-22-4)25-41-29-47(59(7,8)9)24-39(6)55(41)71-35-51(63)67-20-2/h24,28-34H,19-23,25-27,35-38H2,1-18H3. The molecule has 0 bridgehead atoms. The third kappa shape index (κ3) is 17.0. The van der Waals surface area contributed by atoms with Gasteiger partial charge < -0.3 is 37.9 Å². The van der Waals surface area contributed by atoms with Crippen molar-refractivity contribution in [3.05, 3.63) is 115 Å². The van der Waals surface area contributed by atoms with Crippen molar-refractivity contribution >= 4 is 23.9 Å². The normalized spacial score (nSPS) is 12.0. The minimum absolute atomic E-state index is 0.183. The van der Waals surface area contributed by atoms with E-state index in [9.17, 15) is 19.2 Å². The molecule has 0 aliphatic rings. The van der Waals surface area contributed by atoms with E-state index in [2.05, 4.69) is 139 Å². The lowest BCUT2D eigenvalue weighted by atomic mass is 9.80. The van der Waals surface area contributed by atoms with Crippen LogP contribution >= 0.6 is 0 Å². The molecule has 0 unspecified atom stereocenters. The lowest BCUT2D eigenvalue weighted by molar-refractivity contribution is -0.146. The van der Waals surface area contributed by atoms with E-state index < -0.39 is 23.9 Å². The van der Waals surface area contributed by atoms with E-state index in [1.807, 2.05) is 6.92 Å². The van der Waals surface area contributed by atoms with E-state index in [0.29, 0.717) is 42.3 Å². The predicted molar refractivity (Wildman–Crippen MR) is 292 cm³/mol. The second kappa shape index (κ2) is 25.9. The SMILES string of the molecule is CCOC(=O)COc1c(C)cc(C(C)(C)C)cc1Cc1cc(C(C)(C)C)cc(Cc2cc(C(C)(C)C)cc(Cc3cc(C(C)(C)C)cc(CC)c3OCC(=O)OCC)c2OCC(=O)OCC)c1OCC(=O)OCC. The first-order valence-electron chi connectivity index (χ1n) is 26.3. The van der Waals surface area contributed by atoms with Crippen LogP contribution in [0.15, 0.2) is 48.5 Å². The van der Waals surface area contributed by atoms with E-state index in [0.717, 1.165) is 66.8 Å². The Hall–Kier alpha value is -6.04. The van der Waals surface area contributed by atoms with Gasteiger partial charge in [-0.2, -0.15) is 0 Å². The molecule has 0 radical (unpaired) electrons. The van der Waals surface area contributed by atoms with Gasteiger partial charge in [-0.25, -0.2) is 19.2 Å². The van der Waals surface area contributed by atoms with Gasteiger partial charge in [-0.1, -0.05) is 139 Å². The van der Waals surface area contributed by atoms with Gasteiger partial charge in [0.25, 0.3) is 0 Å². The van der Waals surface area contributed by atoms with Crippen LogP contribution in [0.5, 0.6) is 23.0 Å². The Labute approximate surface area is 442 Å². The number of esters is 4. The van der Waals surface area contributed by atoms with Crippen LogP contribution in [0, 0.1) is 6.92 Å². The van der Waals surface area contributed by atoms with Gasteiger partial charge in [-0.15, -0.1) is 0 Å². The summed E-state index contributed by atoms with van der Waals surface area (Å²) < 4.78 is 47.4. The number of hydrogen-bond acceptors (Lipinski definition) is 12. The summed E-state index contributed by atoms with van der Waals surface area (Å²) in [6, 6.07) is 17.0. The molecule has 406 valence electrons. The quantitative estimate of drug-likeness (QED) is 0.0515. The van der Waals surface area contributed by atoms with Crippen molar-refractivity contribution in [3.8, 4) is 23.0 Å². The molecule has 0 spiro atoms.